The number of nitrogens with zero attached hydrogens (tertiary/aromatic N) is 1. The highest BCUT2D eigenvalue weighted by Crippen LogP contribution is 2.25. The third kappa shape index (κ3) is 3.66. The summed E-state index contributed by atoms with van der Waals surface area (Å²) >= 11 is 1.33. The van der Waals surface area contributed by atoms with Crippen molar-refractivity contribution in [3.8, 4) is 0 Å². The highest BCUT2D eigenvalue weighted by molar-refractivity contribution is 7.99. The van der Waals surface area contributed by atoms with E-state index in [1.807, 2.05) is 0 Å². The number of hydrogen-bond donors (Lipinski definition) is 3. The van der Waals surface area contributed by atoms with Gasteiger partial charge in [-0.3, -0.25) is 19.7 Å². The van der Waals surface area contributed by atoms with Crippen LogP contribution in [0.15, 0.2) is 0 Å². The number of primary amides is 1. The number of nitrogens with one attached hydrogen (secondary N) is 2. The van der Waals surface area contributed by atoms with Crippen LogP contribution in [0.3, 0.4) is 0 Å². The Balaban J connectivity index is 1.76. The number of carbonyl (C=O) groups excluding carboxylic acids is 4. The molecule has 0 aromatic rings. The van der Waals surface area contributed by atoms with E-state index < -0.39 is 17.5 Å². The maximum Gasteiger partial charge on any atom is 0.322 e. The number of rotatable bonds is 5. The molecule has 0 aliphatic carbocycles. The molecule has 4 N–H and O–H groups in total. The second kappa shape index (κ2) is 6.33. The summed E-state index contributed by atoms with van der Waals surface area (Å²) in [6.45, 7) is 0.875. The topological polar surface area (TPSA) is 122 Å². The summed E-state index contributed by atoms with van der Waals surface area (Å²) in [6.07, 6.45) is 1.18. The lowest BCUT2D eigenvalue weighted by molar-refractivity contribution is -0.135. The number of hydrogen-bond acceptors (Lipinski definition) is 5. The quantitative estimate of drug-likeness (QED) is 0.434. The Morgan fingerprint density at radius 3 is 2.48 bits per heavy atom. The van der Waals surface area contributed by atoms with Crippen LogP contribution in [-0.2, 0) is 14.4 Å². The summed E-state index contributed by atoms with van der Waals surface area (Å²) in [5.41, 5.74) is 4.16. The molecule has 0 radical (unpaired) electrons. The van der Waals surface area contributed by atoms with Gasteiger partial charge in [0.25, 0.3) is 5.91 Å². The summed E-state index contributed by atoms with van der Waals surface area (Å²) in [5, 5.41) is 4.88. The Hall–Kier alpha value is -1.77. The zero-order valence-electron chi connectivity index (χ0n) is 11.5. The fourth-order valence-electron chi connectivity index (χ4n) is 2.51. The molecule has 0 aromatic heterocycles. The first-order valence-corrected chi connectivity index (χ1v) is 7.86. The van der Waals surface area contributed by atoms with Gasteiger partial charge in [-0.1, -0.05) is 0 Å². The Morgan fingerprint density at radius 1 is 1.29 bits per heavy atom. The van der Waals surface area contributed by atoms with Gasteiger partial charge in [-0.05, 0) is 12.8 Å². The fourth-order valence-corrected chi connectivity index (χ4v) is 3.17. The third-order valence-corrected chi connectivity index (χ3v) is 4.67. The van der Waals surface area contributed by atoms with Crippen molar-refractivity contribution in [2.24, 2.45) is 5.73 Å². The van der Waals surface area contributed by atoms with Gasteiger partial charge in [-0.15, -0.1) is 0 Å². The Morgan fingerprint density at radius 2 is 1.95 bits per heavy atom. The maximum absolute atomic E-state index is 12.0. The minimum absolute atomic E-state index is 0.00782. The predicted molar refractivity (Wildman–Crippen MR) is 76.4 cm³/mol. The molecule has 2 heterocycles. The highest BCUT2D eigenvalue weighted by atomic mass is 32.2. The van der Waals surface area contributed by atoms with Gasteiger partial charge < -0.3 is 16.0 Å². The average molecular weight is 314 g/mol. The second-order valence-electron chi connectivity index (χ2n) is 5.14. The fraction of sp³-hybridized carbons (Fsp3) is 0.667. The molecule has 2 aliphatic heterocycles. The van der Waals surface area contributed by atoms with E-state index >= 15 is 0 Å². The molecule has 0 bridgehead atoms. The van der Waals surface area contributed by atoms with E-state index in [-0.39, 0.29) is 17.6 Å². The normalized spacial score (nSPS) is 20.3. The van der Waals surface area contributed by atoms with E-state index in [4.69, 9.17) is 5.73 Å². The van der Waals surface area contributed by atoms with E-state index in [9.17, 15) is 19.2 Å². The Bertz CT molecular complexity index is 474. The number of nitrogens with two attached hydrogens (primary N) is 1. The molecule has 0 aromatic carbocycles. The second-order valence-corrected chi connectivity index (χ2v) is 6.25. The molecular weight excluding hydrogens is 296 g/mol. The molecule has 21 heavy (non-hydrogen) atoms. The summed E-state index contributed by atoms with van der Waals surface area (Å²) < 4.78 is 0. The summed E-state index contributed by atoms with van der Waals surface area (Å²) in [5.74, 6) is 0.0435. The summed E-state index contributed by atoms with van der Waals surface area (Å²) in [6, 6.07) is -0.470. The van der Waals surface area contributed by atoms with Crippen molar-refractivity contribution in [1.82, 2.24) is 15.5 Å². The number of likely N-dealkylation sites (tertiary alicyclic amines) is 1. The predicted octanol–water partition coefficient (Wildman–Crippen LogP) is -1.20. The van der Waals surface area contributed by atoms with Gasteiger partial charge in [0.1, 0.15) is 5.54 Å². The van der Waals surface area contributed by atoms with Gasteiger partial charge in [0, 0.05) is 25.3 Å². The minimum Gasteiger partial charge on any atom is -0.369 e. The number of imide groups is 1. The molecule has 2 saturated heterocycles. The monoisotopic (exact) mass is 314 g/mol. The molecular formula is C12H18N4O4S. The van der Waals surface area contributed by atoms with Crippen LogP contribution in [0.5, 0.6) is 0 Å². The molecule has 0 atom stereocenters. The Labute approximate surface area is 126 Å². The van der Waals surface area contributed by atoms with E-state index in [1.54, 1.807) is 4.90 Å². The molecule has 9 heteroatoms. The van der Waals surface area contributed by atoms with Gasteiger partial charge in [0.15, 0.2) is 0 Å². The van der Waals surface area contributed by atoms with Crippen molar-refractivity contribution in [3.05, 3.63) is 0 Å². The number of piperidine rings is 1. The average Bonchev–Trinajstić information content (AvgIpc) is 2.69. The van der Waals surface area contributed by atoms with E-state index in [2.05, 4.69) is 10.6 Å². The van der Waals surface area contributed by atoms with Crippen LogP contribution in [0, 0.1) is 0 Å². The van der Waals surface area contributed by atoms with Crippen molar-refractivity contribution in [1.29, 1.82) is 0 Å². The van der Waals surface area contributed by atoms with Crippen LogP contribution in [0.2, 0.25) is 0 Å². The molecule has 116 valence electrons. The molecule has 2 rings (SSSR count). The largest absolute Gasteiger partial charge is 0.369 e. The van der Waals surface area contributed by atoms with Crippen molar-refractivity contribution < 1.29 is 19.2 Å². The summed E-state index contributed by atoms with van der Waals surface area (Å²) in [7, 11) is 0. The van der Waals surface area contributed by atoms with Gasteiger partial charge in [0.2, 0.25) is 11.8 Å². The first-order valence-electron chi connectivity index (χ1n) is 6.70. The van der Waals surface area contributed by atoms with E-state index in [1.165, 1.54) is 11.8 Å². The molecule has 0 unspecified atom stereocenters. The van der Waals surface area contributed by atoms with E-state index in [0.717, 1.165) is 0 Å². The van der Waals surface area contributed by atoms with Gasteiger partial charge in [-0.2, -0.15) is 11.8 Å². The van der Waals surface area contributed by atoms with Gasteiger partial charge in [-0.25, -0.2) is 4.79 Å². The molecule has 2 aliphatic rings. The van der Waals surface area contributed by atoms with Crippen LogP contribution < -0.4 is 16.4 Å². The summed E-state index contributed by atoms with van der Waals surface area (Å²) in [4.78, 5) is 47.2. The zero-order valence-corrected chi connectivity index (χ0v) is 12.3. The van der Waals surface area contributed by atoms with E-state index in [0.29, 0.717) is 38.1 Å². The SMILES string of the molecule is NC(=O)CSCCC(=O)N1CCC2(CC1)NC(=O)NC2=O. The first kappa shape index (κ1) is 15.6. The third-order valence-electron chi connectivity index (χ3n) is 3.69. The molecule has 2 fully saturated rings. The Kier molecular flexibility index (Phi) is 4.71. The maximum atomic E-state index is 12.0. The lowest BCUT2D eigenvalue weighted by Gasteiger charge is -2.37. The smallest absolute Gasteiger partial charge is 0.322 e. The lowest BCUT2D eigenvalue weighted by atomic mass is 9.87. The van der Waals surface area contributed by atoms with Crippen molar-refractivity contribution in [2.45, 2.75) is 24.8 Å². The molecule has 8 nitrogen and oxygen atoms in total. The van der Waals surface area contributed by atoms with Crippen LogP contribution in [-0.4, -0.2) is 58.8 Å². The number of carbonyl (C=O) groups is 4. The van der Waals surface area contributed by atoms with Crippen molar-refractivity contribution in [3.63, 3.8) is 0 Å². The molecule has 0 saturated carbocycles. The van der Waals surface area contributed by atoms with Crippen LogP contribution in [0.4, 0.5) is 4.79 Å². The molecule has 1 spiro atoms. The van der Waals surface area contributed by atoms with Crippen LogP contribution in [0.25, 0.3) is 0 Å². The number of amides is 5. The molecule has 5 amide bonds. The zero-order chi connectivity index (χ0) is 15.5. The standard InChI is InChI=1S/C12H18N4O4S/c13-8(17)7-21-6-1-9(18)16-4-2-12(3-5-16)10(19)14-11(20)15-12/h1-7H2,(H2,13,17)(H2,14,15,19,20). The number of urea groups is 1. The van der Waals surface area contributed by atoms with Crippen molar-refractivity contribution in [2.75, 3.05) is 24.6 Å². The van der Waals surface area contributed by atoms with Gasteiger partial charge in [0.05, 0.1) is 5.75 Å². The first-order chi connectivity index (χ1) is 9.93. The highest BCUT2D eigenvalue weighted by Gasteiger charge is 2.48. The lowest BCUT2D eigenvalue weighted by Crippen LogP contribution is -2.55. The minimum atomic E-state index is -0.853. The van der Waals surface area contributed by atoms with Crippen LogP contribution in [0.1, 0.15) is 19.3 Å². The van der Waals surface area contributed by atoms with Gasteiger partial charge >= 0.3 is 6.03 Å². The van der Waals surface area contributed by atoms with Crippen molar-refractivity contribution >= 4 is 35.5 Å². The number of thioether (sulfide) groups is 1. The van der Waals surface area contributed by atoms with Crippen LogP contribution >= 0.6 is 11.8 Å².